The summed E-state index contributed by atoms with van der Waals surface area (Å²) in [7, 11) is -4.87. The number of phenolic OH excluding ortho intramolecular Hbond substituents is 2. The Kier molecular flexibility index (Phi) is 12.5. The SMILES string of the molecule is Cc1cc(O)cc(C)c1N(CCSc1ccccc1)c1ccc2c(-c3ccccc3S(=O)(=O)[O-])c3ccc(=[N+](CCSc4ccccc4)c4c(C)cc(O)cc4C)cc-3oc2c1. The Bertz CT molecular complexity index is 3030. The van der Waals surface area contributed by atoms with Crippen molar-refractivity contribution in [1.82, 2.24) is 4.58 Å². The number of fused-ring (bicyclic) bond motifs is 2. The van der Waals surface area contributed by atoms with Gasteiger partial charge in [-0.1, -0.05) is 54.6 Å². The van der Waals surface area contributed by atoms with Crippen LogP contribution in [0.5, 0.6) is 11.5 Å². The molecule has 6 aromatic rings. The zero-order valence-electron chi connectivity index (χ0n) is 34.8. The minimum Gasteiger partial charge on any atom is -0.744 e. The molecule has 1 aliphatic heterocycles. The van der Waals surface area contributed by atoms with Gasteiger partial charge in [-0.15, -0.1) is 23.5 Å². The van der Waals surface area contributed by atoms with E-state index in [1.807, 2.05) is 100 Å². The molecule has 314 valence electrons. The number of thioether (sulfide) groups is 2. The van der Waals surface area contributed by atoms with Gasteiger partial charge in [-0.3, -0.25) is 0 Å². The summed E-state index contributed by atoms with van der Waals surface area (Å²) >= 11 is 3.50. The van der Waals surface area contributed by atoms with Gasteiger partial charge in [-0.05, 0) is 112 Å². The van der Waals surface area contributed by atoms with E-state index in [9.17, 15) is 23.2 Å². The van der Waals surface area contributed by atoms with Crippen LogP contribution in [0.25, 0.3) is 33.4 Å². The number of nitrogens with zero attached hydrogens (tertiary/aromatic N) is 2. The summed E-state index contributed by atoms with van der Waals surface area (Å²) in [6, 6.07) is 45.7. The van der Waals surface area contributed by atoms with Crippen molar-refractivity contribution in [3.05, 3.63) is 173 Å². The standard InChI is InChI=1S/C51H46N2O6S3/c1-33-27-39(54)28-34(2)50(33)52(23-25-60-41-13-7-5-8-14-41)37-19-21-43-46(31-37)59-47-32-38(20-22-44(47)49(43)45-17-11-12-18-48(45)62(56,57)58)53(24-26-61-42-15-9-6-10-16-42)51-35(3)29-40(55)30-36(51)4/h5-22,27-32H,23-26H2,1-4H3,(H2-,54,55,56,57,58). The molecule has 11 heteroatoms. The highest BCUT2D eigenvalue weighted by atomic mass is 32.2. The van der Waals surface area contributed by atoms with Gasteiger partial charge < -0.3 is 24.1 Å². The van der Waals surface area contributed by atoms with Crippen LogP contribution in [0.15, 0.2) is 165 Å². The molecule has 0 amide bonds. The predicted molar refractivity (Wildman–Crippen MR) is 253 cm³/mol. The number of hydrogen-bond acceptors (Lipinski definition) is 9. The van der Waals surface area contributed by atoms with Crippen LogP contribution in [0.2, 0.25) is 0 Å². The molecule has 0 bridgehead atoms. The second-order valence-corrected chi connectivity index (χ2v) is 19.0. The van der Waals surface area contributed by atoms with Crippen molar-refractivity contribution >= 4 is 61.7 Å². The summed E-state index contributed by atoms with van der Waals surface area (Å²) in [6.07, 6.45) is 0. The second-order valence-electron chi connectivity index (χ2n) is 15.3. The summed E-state index contributed by atoms with van der Waals surface area (Å²) in [4.78, 5) is 4.23. The maximum absolute atomic E-state index is 12.8. The van der Waals surface area contributed by atoms with Crippen molar-refractivity contribution in [1.29, 1.82) is 0 Å². The van der Waals surface area contributed by atoms with Gasteiger partial charge in [0.25, 0.3) is 0 Å². The molecule has 0 radical (unpaired) electrons. The van der Waals surface area contributed by atoms with Gasteiger partial charge in [-0.2, -0.15) is 4.58 Å². The highest BCUT2D eigenvalue weighted by Crippen LogP contribution is 2.44. The molecule has 0 atom stereocenters. The van der Waals surface area contributed by atoms with Gasteiger partial charge in [0.15, 0.2) is 6.54 Å². The smallest absolute Gasteiger partial charge is 0.211 e. The maximum atomic E-state index is 12.8. The first-order valence-electron chi connectivity index (χ1n) is 20.3. The average molecular weight is 879 g/mol. The van der Waals surface area contributed by atoms with Crippen molar-refractivity contribution in [3.8, 4) is 33.9 Å². The zero-order valence-corrected chi connectivity index (χ0v) is 37.3. The van der Waals surface area contributed by atoms with E-state index in [1.165, 1.54) is 6.07 Å². The lowest BCUT2D eigenvalue weighted by Gasteiger charge is -2.29. The van der Waals surface area contributed by atoms with Crippen LogP contribution in [0.1, 0.15) is 22.3 Å². The first-order chi connectivity index (χ1) is 29.9. The Morgan fingerprint density at radius 2 is 1.23 bits per heavy atom. The lowest BCUT2D eigenvalue weighted by atomic mass is 9.93. The molecule has 0 saturated carbocycles. The fourth-order valence-corrected chi connectivity index (χ4v) is 10.8. The summed E-state index contributed by atoms with van der Waals surface area (Å²) in [5.74, 6) is 2.40. The summed E-state index contributed by atoms with van der Waals surface area (Å²) < 4.78 is 47.7. The molecule has 0 aromatic heterocycles. The van der Waals surface area contributed by atoms with Gasteiger partial charge in [0.05, 0.1) is 16.7 Å². The lowest BCUT2D eigenvalue weighted by Crippen LogP contribution is -2.29. The van der Waals surface area contributed by atoms with Crippen LogP contribution >= 0.6 is 23.5 Å². The Labute approximate surface area is 370 Å². The Balaban J connectivity index is 1.36. The monoisotopic (exact) mass is 878 g/mol. The zero-order chi connectivity index (χ0) is 43.5. The van der Waals surface area contributed by atoms with Gasteiger partial charge >= 0.3 is 0 Å². The summed E-state index contributed by atoms with van der Waals surface area (Å²) in [6.45, 7) is 9.20. The lowest BCUT2D eigenvalue weighted by molar-refractivity contribution is 0.463. The number of aromatic hydroxyl groups is 2. The molecule has 62 heavy (non-hydrogen) atoms. The molecule has 6 aromatic carbocycles. The number of aryl methyl sites for hydroxylation is 4. The van der Waals surface area contributed by atoms with Crippen LogP contribution in [-0.2, 0) is 10.1 Å². The van der Waals surface area contributed by atoms with Crippen LogP contribution in [0.4, 0.5) is 17.1 Å². The Hall–Kier alpha value is -5.98. The normalized spacial score (nSPS) is 12.2. The third-order valence-corrected chi connectivity index (χ3v) is 13.8. The first-order valence-corrected chi connectivity index (χ1v) is 23.6. The fraction of sp³-hybridized carbons (Fsp3) is 0.157. The number of hydrogen-bond donors (Lipinski definition) is 2. The second kappa shape index (κ2) is 18.2. The van der Waals surface area contributed by atoms with Crippen LogP contribution in [0.3, 0.4) is 0 Å². The highest BCUT2D eigenvalue weighted by Gasteiger charge is 2.25. The Morgan fingerprint density at radius 3 is 1.85 bits per heavy atom. The van der Waals surface area contributed by atoms with Gasteiger partial charge in [0, 0.05) is 78.8 Å². The topological polar surface area (TPSA) is 117 Å². The molecular formula is C51H46N2O6S3. The number of rotatable bonds is 13. The van der Waals surface area contributed by atoms with Gasteiger partial charge in [-0.25, -0.2) is 8.42 Å². The van der Waals surface area contributed by atoms with E-state index in [0.29, 0.717) is 40.9 Å². The molecule has 1 heterocycles. The van der Waals surface area contributed by atoms with Crippen molar-refractivity contribution in [3.63, 3.8) is 0 Å². The van der Waals surface area contributed by atoms with E-state index in [2.05, 4.69) is 33.7 Å². The number of anilines is 2. The van der Waals surface area contributed by atoms with Crippen LogP contribution in [0, 0.1) is 27.7 Å². The summed E-state index contributed by atoms with van der Waals surface area (Å²) in [5, 5.41) is 22.5. The number of benzene rings is 7. The minimum atomic E-state index is -4.87. The predicted octanol–water partition coefficient (Wildman–Crippen LogP) is 11.6. The van der Waals surface area contributed by atoms with Crippen molar-refractivity contribution in [2.45, 2.75) is 42.4 Å². The molecule has 2 N–H and O–H groups in total. The first kappa shape index (κ1) is 42.7. The van der Waals surface area contributed by atoms with E-state index in [1.54, 1.807) is 66.0 Å². The molecule has 0 fully saturated rings. The van der Waals surface area contributed by atoms with Crippen LogP contribution in [-0.4, -0.2) is 47.8 Å². The van der Waals surface area contributed by atoms with Crippen molar-refractivity contribution in [2.24, 2.45) is 0 Å². The van der Waals surface area contributed by atoms with E-state index in [-0.39, 0.29) is 22.0 Å². The van der Waals surface area contributed by atoms with E-state index >= 15 is 0 Å². The average Bonchev–Trinajstić information content (AvgIpc) is 3.24. The minimum absolute atomic E-state index is 0.195. The molecule has 8 rings (SSSR count). The molecule has 2 aliphatic rings. The third kappa shape index (κ3) is 9.12. The fourth-order valence-electron chi connectivity index (χ4n) is 8.39. The quantitative estimate of drug-likeness (QED) is 0.0505. The molecule has 0 saturated heterocycles. The molecule has 8 nitrogen and oxygen atoms in total. The molecule has 1 aliphatic carbocycles. The highest BCUT2D eigenvalue weighted by molar-refractivity contribution is 7.99. The van der Waals surface area contributed by atoms with Crippen molar-refractivity contribution in [2.75, 3.05) is 29.5 Å². The molecule has 0 spiro atoms. The van der Waals surface area contributed by atoms with E-state index < -0.39 is 10.1 Å². The van der Waals surface area contributed by atoms with E-state index in [0.717, 1.165) is 66.0 Å². The van der Waals surface area contributed by atoms with Gasteiger partial charge in [0.1, 0.15) is 33.0 Å². The molecular weight excluding hydrogens is 833 g/mol. The van der Waals surface area contributed by atoms with E-state index in [4.69, 9.17) is 4.42 Å². The third-order valence-electron chi connectivity index (χ3n) is 10.9. The van der Waals surface area contributed by atoms with Crippen LogP contribution < -0.4 is 14.8 Å². The van der Waals surface area contributed by atoms with Crippen molar-refractivity contribution < 1.29 is 27.6 Å². The maximum Gasteiger partial charge on any atom is 0.211 e. The largest absolute Gasteiger partial charge is 0.744 e. The number of phenols is 2. The van der Waals surface area contributed by atoms with Gasteiger partial charge in [0.2, 0.25) is 11.0 Å². The Morgan fingerprint density at radius 1 is 0.645 bits per heavy atom. The molecule has 0 unspecified atom stereocenters. The summed E-state index contributed by atoms with van der Waals surface area (Å²) in [5.41, 5.74) is 8.41.